The molecule has 0 spiro atoms. The highest BCUT2D eigenvalue weighted by atomic mass is 16.1. The molecule has 0 saturated carbocycles. The minimum Gasteiger partial charge on any atom is -0.330 e. The lowest BCUT2D eigenvalue weighted by atomic mass is 10.1. The second-order valence-electron chi connectivity index (χ2n) is 5.28. The Hall–Kier alpha value is -2.17. The summed E-state index contributed by atoms with van der Waals surface area (Å²) in [5.74, 6) is -0.103. The van der Waals surface area contributed by atoms with Crippen LogP contribution < -0.4 is 16.8 Å². The number of amides is 1. The van der Waals surface area contributed by atoms with E-state index < -0.39 is 0 Å². The third-order valence-corrected chi connectivity index (χ3v) is 3.53. The summed E-state index contributed by atoms with van der Waals surface area (Å²) >= 11 is 0. The molecule has 1 amide bonds. The topological polar surface area (TPSA) is 81.1 Å². The normalized spacial score (nSPS) is 10.5. The summed E-state index contributed by atoms with van der Waals surface area (Å²) in [5, 5.41) is 2.90. The third-order valence-electron chi connectivity index (χ3n) is 3.53. The van der Waals surface area contributed by atoms with E-state index in [9.17, 15) is 4.79 Å². The first-order valence-electron chi connectivity index (χ1n) is 7.62. The first kappa shape index (κ1) is 16.2. The molecule has 0 bridgehead atoms. The monoisotopic (exact) mass is 297 g/mol. The third kappa shape index (κ3) is 4.69. The van der Waals surface area contributed by atoms with Crippen LogP contribution in [-0.4, -0.2) is 19.0 Å². The number of carbonyl (C=O) groups excluding carboxylic acids is 1. The first-order chi connectivity index (χ1) is 10.7. The van der Waals surface area contributed by atoms with Crippen LogP contribution in [0.3, 0.4) is 0 Å². The molecule has 22 heavy (non-hydrogen) atoms. The minimum absolute atomic E-state index is 0.103. The molecule has 4 nitrogen and oxygen atoms in total. The lowest BCUT2D eigenvalue weighted by molar-refractivity contribution is 0.102. The zero-order valence-corrected chi connectivity index (χ0v) is 12.7. The predicted octanol–water partition coefficient (Wildman–Crippen LogP) is 2.33. The lowest BCUT2D eigenvalue weighted by Gasteiger charge is -2.07. The van der Waals surface area contributed by atoms with Gasteiger partial charge in [0, 0.05) is 11.3 Å². The maximum absolute atomic E-state index is 12.2. The van der Waals surface area contributed by atoms with Gasteiger partial charge in [0.1, 0.15) is 0 Å². The predicted molar refractivity (Wildman–Crippen MR) is 91.0 cm³/mol. The van der Waals surface area contributed by atoms with E-state index in [1.54, 1.807) is 0 Å². The second kappa shape index (κ2) is 8.32. The number of benzene rings is 2. The number of hydrogen-bond acceptors (Lipinski definition) is 3. The van der Waals surface area contributed by atoms with Crippen molar-refractivity contribution in [2.45, 2.75) is 19.3 Å². The average molecular weight is 297 g/mol. The van der Waals surface area contributed by atoms with Crippen molar-refractivity contribution in [3.8, 4) is 0 Å². The number of anilines is 1. The molecule has 0 unspecified atom stereocenters. The summed E-state index contributed by atoms with van der Waals surface area (Å²) in [4.78, 5) is 12.2. The van der Waals surface area contributed by atoms with E-state index in [1.807, 2.05) is 48.5 Å². The molecule has 0 aromatic heterocycles. The molecule has 2 aromatic rings. The molecule has 116 valence electrons. The molecule has 2 aromatic carbocycles. The highest BCUT2D eigenvalue weighted by Gasteiger charge is 2.06. The standard InChI is InChI=1S/C18H23N3O/c19-12-1-2-14-5-9-17(10-6-14)21-18(22)16-7-3-15(4-8-16)11-13-20/h3-10H,1-2,11-13,19-20H2,(H,21,22). The van der Waals surface area contributed by atoms with Crippen LogP contribution >= 0.6 is 0 Å². The number of aryl methyl sites for hydroxylation is 1. The van der Waals surface area contributed by atoms with Gasteiger partial charge >= 0.3 is 0 Å². The largest absolute Gasteiger partial charge is 0.330 e. The molecule has 4 heteroatoms. The zero-order valence-electron chi connectivity index (χ0n) is 12.7. The van der Waals surface area contributed by atoms with E-state index >= 15 is 0 Å². The number of carbonyl (C=O) groups is 1. The van der Waals surface area contributed by atoms with Gasteiger partial charge in [0.2, 0.25) is 0 Å². The van der Waals surface area contributed by atoms with E-state index in [0.717, 1.165) is 30.5 Å². The number of nitrogens with two attached hydrogens (primary N) is 2. The summed E-state index contributed by atoms with van der Waals surface area (Å²) in [6.45, 7) is 1.31. The van der Waals surface area contributed by atoms with Gasteiger partial charge in [0.25, 0.3) is 5.91 Å². The van der Waals surface area contributed by atoms with Crippen molar-refractivity contribution >= 4 is 11.6 Å². The van der Waals surface area contributed by atoms with E-state index in [4.69, 9.17) is 11.5 Å². The Morgan fingerprint density at radius 1 is 0.818 bits per heavy atom. The van der Waals surface area contributed by atoms with Gasteiger partial charge < -0.3 is 16.8 Å². The zero-order chi connectivity index (χ0) is 15.8. The summed E-state index contributed by atoms with van der Waals surface area (Å²) < 4.78 is 0. The SMILES string of the molecule is NCCCc1ccc(NC(=O)c2ccc(CCN)cc2)cc1. The summed E-state index contributed by atoms with van der Waals surface area (Å²) in [6.07, 6.45) is 2.76. The molecule has 0 aliphatic heterocycles. The quantitative estimate of drug-likeness (QED) is 0.733. The van der Waals surface area contributed by atoms with Crippen LogP contribution in [0.2, 0.25) is 0 Å². The Morgan fingerprint density at radius 2 is 1.41 bits per heavy atom. The Labute approximate surface area is 131 Å². The van der Waals surface area contributed by atoms with Crippen molar-refractivity contribution in [2.24, 2.45) is 11.5 Å². The van der Waals surface area contributed by atoms with Gasteiger partial charge in [-0.05, 0) is 67.7 Å². The van der Waals surface area contributed by atoms with Crippen molar-refractivity contribution in [3.05, 3.63) is 65.2 Å². The maximum atomic E-state index is 12.2. The van der Waals surface area contributed by atoms with Crippen molar-refractivity contribution in [2.75, 3.05) is 18.4 Å². The molecular weight excluding hydrogens is 274 g/mol. The molecule has 0 fully saturated rings. The molecular formula is C18H23N3O. The van der Waals surface area contributed by atoms with Crippen molar-refractivity contribution < 1.29 is 4.79 Å². The molecule has 0 aliphatic carbocycles. The van der Waals surface area contributed by atoms with Crippen LogP contribution in [-0.2, 0) is 12.8 Å². The molecule has 2 rings (SSSR count). The summed E-state index contributed by atoms with van der Waals surface area (Å²) in [7, 11) is 0. The second-order valence-corrected chi connectivity index (χ2v) is 5.28. The maximum Gasteiger partial charge on any atom is 0.255 e. The van der Waals surface area contributed by atoms with Crippen LogP contribution in [0.1, 0.15) is 27.9 Å². The molecule has 0 saturated heterocycles. The Morgan fingerprint density at radius 3 is 2.00 bits per heavy atom. The van der Waals surface area contributed by atoms with E-state index in [-0.39, 0.29) is 5.91 Å². The highest BCUT2D eigenvalue weighted by Crippen LogP contribution is 2.13. The van der Waals surface area contributed by atoms with Gasteiger partial charge in [-0.15, -0.1) is 0 Å². The van der Waals surface area contributed by atoms with Crippen LogP contribution in [0.5, 0.6) is 0 Å². The summed E-state index contributed by atoms with van der Waals surface area (Å²) in [5.41, 5.74) is 14.8. The van der Waals surface area contributed by atoms with E-state index in [1.165, 1.54) is 5.56 Å². The molecule has 5 N–H and O–H groups in total. The van der Waals surface area contributed by atoms with Crippen molar-refractivity contribution in [1.29, 1.82) is 0 Å². The summed E-state index contributed by atoms with van der Waals surface area (Å²) in [6, 6.07) is 15.4. The fourth-order valence-corrected chi connectivity index (χ4v) is 2.25. The van der Waals surface area contributed by atoms with Crippen LogP contribution in [0.25, 0.3) is 0 Å². The van der Waals surface area contributed by atoms with Crippen LogP contribution in [0, 0.1) is 0 Å². The van der Waals surface area contributed by atoms with Crippen molar-refractivity contribution in [1.82, 2.24) is 0 Å². The van der Waals surface area contributed by atoms with Gasteiger partial charge in [-0.25, -0.2) is 0 Å². The molecule has 0 atom stereocenters. The van der Waals surface area contributed by atoms with Gasteiger partial charge in [0.05, 0.1) is 0 Å². The Kier molecular flexibility index (Phi) is 6.13. The van der Waals surface area contributed by atoms with Gasteiger partial charge in [-0.1, -0.05) is 24.3 Å². The fraction of sp³-hybridized carbons (Fsp3) is 0.278. The molecule has 0 radical (unpaired) electrons. The average Bonchev–Trinajstić information content (AvgIpc) is 2.55. The first-order valence-corrected chi connectivity index (χ1v) is 7.62. The van der Waals surface area contributed by atoms with Crippen LogP contribution in [0.4, 0.5) is 5.69 Å². The molecule has 0 heterocycles. The lowest BCUT2D eigenvalue weighted by Crippen LogP contribution is -2.12. The van der Waals surface area contributed by atoms with Crippen LogP contribution in [0.15, 0.2) is 48.5 Å². The highest BCUT2D eigenvalue weighted by molar-refractivity contribution is 6.04. The number of hydrogen-bond donors (Lipinski definition) is 3. The smallest absolute Gasteiger partial charge is 0.255 e. The Balaban J connectivity index is 1.96. The van der Waals surface area contributed by atoms with Gasteiger partial charge in [0.15, 0.2) is 0 Å². The van der Waals surface area contributed by atoms with Crippen molar-refractivity contribution in [3.63, 3.8) is 0 Å². The van der Waals surface area contributed by atoms with Gasteiger partial charge in [-0.2, -0.15) is 0 Å². The fourth-order valence-electron chi connectivity index (χ4n) is 2.25. The minimum atomic E-state index is -0.103. The number of nitrogens with one attached hydrogen (secondary N) is 1. The Bertz CT molecular complexity index is 591. The van der Waals surface area contributed by atoms with E-state index in [0.29, 0.717) is 18.7 Å². The number of rotatable bonds is 7. The van der Waals surface area contributed by atoms with E-state index in [2.05, 4.69) is 5.32 Å². The van der Waals surface area contributed by atoms with Gasteiger partial charge in [-0.3, -0.25) is 4.79 Å². The molecule has 0 aliphatic rings.